The Morgan fingerprint density at radius 1 is 0.533 bits per heavy atom. The Balaban J connectivity index is 0.000000205. The number of nitrogens with one attached hydrogen (secondary N) is 2. The number of thioether (sulfide) groups is 2. The van der Waals surface area contributed by atoms with Crippen LogP contribution in [0.1, 0.15) is 25.7 Å². The summed E-state index contributed by atoms with van der Waals surface area (Å²) in [6.45, 7) is 5.20. The van der Waals surface area contributed by atoms with E-state index in [1.165, 1.54) is 74.9 Å². The third-order valence-corrected chi connectivity index (χ3v) is 7.44. The summed E-state index contributed by atoms with van der Waals surface area (Å²) < 4.78 is 0. The predicted molar refractivity (Wildman–Crippen MR) is 114 cm³/mol. The lowest BCUT2D eigenvalue weighted by Crippen LogP contribution is -2.54. The number of carboxylic acids is 4. The molecule has 0 amide bonds. The molecule has 0 aromatic carbocycles. The van der Waals surface area contributed by atoms with Crippen molar-refractivity contribution in [2.45, 2.75) is 25.7 Å². The SMILES string of the molecule is C1CC2(CCS1)CNC2.C1CC2(CCS1)CNC2.O=C(O)C(=O)O.O=C(O)C(=O)O. The van der Waals surface area contributed by atoms with E-state index in [-0.39, 0.29) is 0 Å². The molecule has 6 N–H and O–H groups in total. The molecule has 0 aromatic heterocycles. The van der Waals surface area contributed by atoms with E-state index in [2.05, 4.69) is 34.2 Å². The first-order valence-electron chi connectivity index (χ1n) is 9.61. The van der Waals surface area contributed by atoms with Crippen molar-refractivity contribution in [3.8, 4) is 0 Å². The molecule has 4 fully saturated rings. The highest BCUT2D eigenvalue weighted by Gasteiger charge is 2.38. The maximum atomic E-state index is 9.10. The minimum absolute atomic E-state index is 0.769. The number of hydrogen-bond donors (Lipinski definition) is 6. The predicted octanol–water partition coefficient (Wildman–Crippen LogP) is 0.517. The van der Waals surface area contributed by atoms with Crippen molar-refractivity contribution in [2.24, 2.45) is 10.8 Å². The molecule has 0 unspecified atom stereocenters. The first-order chi connectivity index (χ1) is 14.1. The molecular weight excluding hydrogens is 436 g/mol. The van der Waals surface area contributed by atoms with Gasteiger partial charge in [-0.2, -0.15) is 23.5 Å². The lowest BCUT2D eigenvalue weighted by atomic mass is 9.76. The molecule has 12 heteroatoms. The summed E-state index contributed by atoms with van der Waals surface area (Å²) in [5.74, 6) is -1.68. The largest absolute Gasteiger partial charge is 0.473 e. The Bertz CT molecular complexity index is 517. The summed E-state index contributed by atoms with van der Waals surface area (Å²) in [4.78, 5) is 36.4. The third-order valence-electron chi connectivity index (χ3n) is 5.47. The quantitative estimate of drug-likeness (QED) is 0.274. The zero-order valence-corrected chi connectivity index (χ0v) is 18.4. The van der Waals surface area contributed by atoms with Gasteiger partial charge in [0, 0.05) is 26.2 Å². The minimum Gasteiger partial charge on any atom is -0.473 e. The van der Waals surface area contributed by atoms with Crippen LogP contribution in [0.25, 0.3) is 0 Å². The van der Waals surface area contributed by atoms with Gasteiger partial charge in [-0.15, -0.1) is 0 Å². The van der Waals surface area contributed by atoms with Gasteiger partial charge in [0.15, 0.2) is 0 Å². The number of rotatable bonds is 0. The van der Waals surface area contributed by atoms with Gasteiger partial charge in [0.2, 0.25) is 0 Å². The van der Waals surface area contributed by atoms with Gasteiger partial charge in [-0.25, -0.2) is 19.2 Å². The smallest absolute Gasteiger partial charge is 0.414 e. The van der Waals surface area contributed by atoms with Crippen LogP contribution in [0.3, 0.4) is 0 Å². The molecule has 4 heterocycles. The maximum absolute atomic E-state index is 9.10. The van der Waals surface area contributed by atoms with Crippen LogP contribution in [0, 0.1) is 10.8 Å². The lowest BCUT2D eigenvalue weighted by molar-refractivity contribution is -0.159. The summed E-state index contributed by atoms with van der Waals surface area (Å²) in [7, 11) is 0. The van der Waals surface area contributed by atoms with E-state index in [0.29, 0.717) is 0 Å². The molecule has 4 aliphatic heterocycles. The van der Waals surface area contributed by atoms with E-state index in [0.717, 1.165) is 10.8 Å². The minimum atomic E-state index is -1.82. The monoisotopic (exact) mass is 466 g/mol. The number of hydrogen-bond acceptors (Lipinski definition) is 8. The molecule has 172 valence electrons. The zero-order chi connectivity index (χ0) is 22.6. The molecule has 4 rings (SSSR count). The van der Waals surface area contributed by atoms with Crippen molar-refractivity contribution >= 4 is 47.4 Å². The fourth-order valence-corrected chi connectivity index (χ4v) is 5.99. The van der Waals surface area contributed by atoms with Crippen molar-refractivity contribution in [1.82, 2.24) is 10.6 Å². The molecule has 4 saturated heterocycles. The van der Waals surface area contributed by atoms with Gasteiger partial charge in [0.25, 0.3) is 0 Å². The molecule has 10 nitrogen and oxygen atoms in total. The van der Waals surface area contributed by atoms with Crippen LogP contribution in [0.2, 0.25) is 0 Å². The highest BCUT2D eigenvalue weighted by molar-refractivity contribution is 7.99. The third kappa shape index (κ3) is 9.54. The van der Waals surface area contributed by atoms with Gasteiger partial charge in [-0.05, 0) is 59.5 Å². The van der Waals surface area contributed by atoms with Crippen LogP contribution < -0.4 is 10.6 Å². The van der Waals surface area contributed by atoms with E-state index < -0.39 is 23.9 Å². The highest BCUT2D eigenvalue weighted by Crippen LogP contribution is 2.38. The molecule has 2 spiro atoms. The summed E-state index contributed by atoms with van der Waals surface area (Å²) in [6, 6.07) is 0. The number of aliphatic carboxylic acids is 4. The maximum Gasteiger partial charge on any atom is 0.414 e. The second-order valence-corrected chi connectivity index (χ2v) is 10.1. The van der Waals surface area contributed by atoms with Gasteiger partial charge in [0.1, 0.15) is 0 Å². The molecular formula is C18H30N2O8S2. The normalized spacial score (nSPS) is 22.1. The first-order valence-corrected chi connectivity index (χ1v) is 11.9. The van der Waals surface area contributed by atoms with Crippen LogP contribution in [0.15, 0.2) is 0 Å². The molecule has 4 aliphatic rings. The Morgan fingerprint density at radius 2 is 0.767 bits per heavy atom. The van der Waals surface area contributed by atoms with Crippen LogP contribution in [0.4, 0.5) is 0 Å². The molecule has 30 heavy (non-hydrogen) atoms. The summed E-state index contributed by atoms with van der Waals surface area (Å²) in [5, 5.41) is 36.3. The first kappa shape index (κ1) is 26.5. The van der Waals surface area contributed by atoms with Crippen LogP contribution in [-0.2, 0) is 19.2 Å². The van der Waals surface area contributed by atoms with Crippen molar-refractivity contribution in [2.75, 3.05) is 49.2 Å². The number of carboxylic acid groups (broad SMARTS) is 4. The molecule has 0 bridgehead atoms. The Labute approximate surface area is 183 Å². The van der Waals surface area contributed by atoms with E-state index in [4.69, 9.17) is 39.6 Å². The topological polar surface area (TPSA) is 173 Å². The summed E-state index contributed by atoms with van der Waals surface area (Å²) in [5.41, 5.74) is 1.54. The van der Waals surface area contributed by atoms with Gasteiger partial charge < -0.3 is 31.1 Å². The Morgan fingerprint density at radius 3 is 0.867 bits per heavy atom. The van der Waals surface area contributed by atoms with Crippen molar-refractivity contribution in [3.63, 3.8) is 0 Å². The lowest BCUT2D eigenvalue weighted by Gasteiger charge is -2.45. The Kier molecular flexibility index (Phi) is 11.5. The molecule has 0 aliphatic carbocycles. The van der Waals surface area contributed by atoms with Crippen molar-refractivity contribution in [3.05, 3.63) is 0 Å². The van der Waals surface area contributed by atoms with E-state index in [9.17, 15) is 0 Å². The average molecular weight is 467 g/mol. The standard InChI is InChI=1S/2C7H13NS.2C2H2O4/c2*1-3-9-4-2-7(1)5-8-6-7;2*3-1(4)2(5)6/h2*8H,1-6H2;2*(H,3,4)(H,5,6). The molecule has 0 saturated carbocycles. The van der Waals surface area contributed by atoms with Gasteiger partial charge >= 0.3 is 23.9 Å². The molecule has 0 atom stereocenters. The van der Waals surface area contributed by atoms with Gasteiger partial charge in [0.05, 0.1) is 0 Å². The number of carbonyl (C=O) groups is 4. The van der Waals surface area contributed by atoms with Crippen LogP contribution >= 0.6 is 23.5 Å². The summed E-state index contributed by atoms with van der Waals surface area (Å²) in [6.07, 6.45) is 5.85. The molecule has 0 radical (unpaired) electrons. The van der Waals surface area contributed by atoms with E-state index in [1.54, 1.807) is 0 Å². The fraction of sp³-hybridized carbons (Fsp3) is 0.778. The zero-order valence-electron chi connectivity index (χ0n) is 16.7. The van der Waals surface area contributed by atoms with E-state index in [1.807, 2.05) is 0 Å². The van der Waals surface area contributed by atoms with E-state index >= 15 is 0 Å². The fourth-order valence-electron chi connectivity index (χ4n) is 3.27. The highest BCUT2D eigenvalue weighted by atomic mass is 32.2. The second kappa shape index (κ2) is 13.0. The van der Waals surface area contributed by atoms with Gasteiger partial charge in [-0.1, -0.05) is 0 Å². The second-order valence-electron chi connectivity index (χ2n) is 7.65. The average Bonchev–Trinajstić information content (AvgIpc) is 2.68. The molecule has 0 aromatic rings. The van der Waals surface area contributed by atoms with Gasteiger partial charge in [-0.3, -0.25) is 0 Å². The van der Waals surface area contributed by atoms with Crippen LogP contribution in [-0.4, -0.2) is 93.5 Å². The Hall–Kier alpha value is -1.50. The van der Waals surface area contributed by atoms with Crippen molar-refractivity contribution in [1.29, 1.82) is 0 Å². The summed E-state index contributed by atoms with van der Waals surface area (Å²) >= 11 is 4.24. The van der Waals surface area contributed by atoms with Crippen molar-refractivity contribution < 1.29 is 39.6 Å². The van der Waals surface area contributed by atoms with Crippen LogP contribution in [0.5, 0.6) is 0 Å².